The molecule has 2 atom stereocenters. The van der Waals surface area contributed by atoms with Gasteiger partial charge in [0.05, 0.1) is 4.90 Å². The summed E-state index contributed by atoms with van der Waals surface area (Å²) in [6.07, 6.45) is 0. The molecule has 7 heteroatoms. The van der Waals surface area contributed by atoms with Crippen LogP contribution in [0, 0.1) is 24.6 Å². The number of rotatable bonds is 4. The van der Waals surface area contributed by atoms with Crippen molar-refractivity contribution in [1.29, 1.82) is 0 Å². The minimum Gasteiger partial charge on any atom is -0.352 e. The second-order valence-corrected chi connectivity index (χ2v) is 8.39. The molecule has 1 amide bonds. The zero-order valence-electron chi connectivity index (χ0n) is 13.8. The maximum absolute atomic E-state index is 13.7. The molecule has 1 aliphatic rings. The Kier molecular flexibility index (Phi) is 5.10. The van der Waals surface area contributed by atoms with Crippen LogP contribution in [-0.4, -0.2) is 37.8 Å². The summed E-state index contributed by atoms with van der Waals surface area (Å²) < 4.78 is 40.5. The molecule has 1 saturated heterocycles. The molecule has 0 radical (unpaired) electrons. The van der Waals surface area contributed by atoms with Crippen molar-refractivity contribution in [2.75, 3.05) is 13.1 Å². The summed E-state index contributed by atoms with van der Waals surface area (Å²) in [6, 6.07) is 3.71. The topological polar surface area (TPSA) is 66.5 Å². The van der Waals surface area contributed by atoms with Gasteiger partial charge in [0.1, 0.15) is 5.82 Å². The van der Waals surface area contributed by atoms with Crippen LogP contribution in [0.5, 0.6) is 0 Å². The molecule has 23 heavy (non-hydrogen) atoms. The summed E-state index contributed by atoms with van der Waals surface area (Å²) in [4.78, 5) is 11.3. The van der Waals surface area contributed by atoms with Crippen LogP contribution in [0.3, 0.4) is 0 Å². The molecule has 0 bridgehead atoms. The van der Waals surface area contributed by atoms with Crippen molar-refractivity contribution in [3.05, 3.63) is 29.6 Å². The van der Waals surface area contributed by atoms with Gasteiger partial charge in [-0.15, -0.1) is 0 Å². The number of nitrogens with one attached hydrogen (secondary N) is 1. The van der Waals surface area contributed by atoms with Crippen LogP contribution >= 0.6 is 0 Å². The minimum atomic E-state index is -3.77. The highest BCUT2D eigenvalue weighted by molar-refractivity contribution is 7.89. The lowest BCUT2D eigenvalue weighted by molar-refractivity contribution is -0.119. The van der Waals surface area contributed by atoms with Crippen molar-refractivity contribution < 1.29 is 17.6 Å². The fourth-order valence-electron chi connectivity index (χ4n) is 2.96. The van der Waals surface area contributed by atoms with E-state index in [1.165, 1.54) is 23.4 Å². The van der Waals surface area contributed by atoms with Gasteiger partial charge in [-0.2, -0.15) is 4.31 Å². The Morgan fingerprint density at radius 2 is 2.00 bits per heavy atom. The van der Waals surface area contributed by atoms with E-state index < -0.39 is 15.8 Å². The van der Waals surface area contributed by atoms with Gasteiger partial charge in [-0.25, -0.2) is 12.8 Å². The van der Waals surface area contributed by atoms with Crippen LogP contribution in [0.1, 0.15) is 26.3 Å². The first-order valence-electron chi connectivity index (χ1n) is 7.66. The number of hydrogen-bond donors (Lipinski definition) is 1. The van der Waals surface area contributed by atoms with Crippen LogP contribution in [0.4, 0.5) is 4.39 Å². The van der Waals surface area contributed by atoms with Crippen LogP contribution in [0.15, 0.2) is 23.1 Å². The fraction of sp³-hybridized carbons (Fsp3) is 0.562. The van der Waals surface area contributed by atoms with Crippen molar-refractivity contribution in [2.24, 2.45) is 11.8 Å². The summed E-state index contributed by atoms with van der Waals surface area (Å²) >= 11 is 0. The number of nitrogens with zero attached hydrogens (tertiary/aromatic N) is 1. The zero-order chi connectivity index (χ0) is 17.4. The highest BCUT2D eigenvalue weighted by atomic mass is 32.2. The largest absolute Gasteiger partial charge is 0.352 e. The Morgan fingerprint density at radius 1 is 1.35 bits per heavy atom. The SMILES string of the molecule is CC(=O)NC1CN(S(=O)(=O)c2ccc(C)c(F)c2)CC1C(C)C. The van der Waals surface area contributed by atoms with E-state index in [-0.39, 0.29) is 35.2 Å². The molecule has 0 spiro atoms. The zero-order valence-corrected chi connectivity index (χ0v) is 14.7. The first-order chi connectivity index (χ1) is 10.6. The quantitative estimate of drug-likeness (QED) is 0.909. The summed E-state index contributed by atoms with van der Waals surface area (Å²) in [6.45, 7) is 7.54. The van der Waals surface area contributed by atoms with Gasteiger partial charge in [0.2, 0.25) is 15.9 Å². The number of carbonyl (C=O) groups is 1. The summed E-state index contributed by atoms with van der Waals surface area (Å²) in [7, 11) is -3.77. The van der Waals surface area contributed by atoms with Crippen LogP contribution < -0.4 is 5.32 Å². The molecule has 1 fully saturated rings. The molecule has 0 aromatic heterocycles. The third-order valence-electron chi connectivity index (χ3n) is 4.36. The van der Waals surface area contributed by atoms with E-state index in [2.05, 4.69) is 5.32 Å². The third-order valence-corrected chi connectivity index (χ3v) is 6.19. The second kappa shape index (κ2) is 6.57. The number of amides is 1. The molecule has 2 rings (SSSR count). The predicted molar refractivity (Wildman–Crippen MR) is 85.8 cm³/mol. The maximum atomic E-state index is 13.7. The molecule has 1 aliphatic heterocycles. The lowest BCUT2D eigenvalue weighted by Crippen LogP contribution is -2.41. The number of halogens is 1. The maximum Gasteiger partial charge on any atom is 0.243 e. The third kappa shape index (κ3) is 3.72. The molecule has 1 aromatic carbocycles. The molecule has 5 nitrogen and oxygen atoms in total. The van der Waals surface area contributed by atoms with Crippen molar-refractivity contribution >= 4 is 15.9 Å². The Hall–Kier alpha value is -1.47. The van der Waals surface area contributed by atoms with Crippen molar-refractivity contribution in [1.82, 2.24) is 9.62 Å². The van der Waals surface area contributed by atoms with E-state index in [0.29, 0.717) is 12.1 Å². The normalized spacial score (nSPS) is 22.5. The lowest BCUT2D eigenvalue weighted by Gasteiger charge is -2.21. The molecular weight excluding hydrogens is 319 g/mol. The summed E-state index contributed by atoms with van der Waals surface area (Å²) in [5.41, 5.74) is 0.404. The van der Waals surface area contributed by atoms with Gasteiger partial charge in [-0.3, -0.25) is 4.79 Å². The summed E-state index contributed by atoms with van der Waals surface area (Å²) in [5, 5.41) is 2.83. The Labute approximate surface area is 136 Å². The van der Waals surface area contributed by atoms with E-state index >= 15 is 0 Å². The van der Waals surface area contributed by atoms with Gasteiger partial charge in [-0.05, 0) is 36.5 Å². The number of sulfonamides is 1. The number of benzene rings is 1. The van der Waals surface area contributed by atoms with Gasteiger partial charge >= 0.3 is 0 Å². The molecule has 0 aliphatic carbocycles. The van der Waals surface area contributed by atoms with Crippen LogP contribution in [-0.2, 0) is 14.8 Å². The average molecular weight is 342 g/mol. The molecule has 1 N–H and O–H groups in total. The highest BCUT2D eigenvalue weighted by Crippen LogP contribution is 2.29. The van der Waals surface area contributed by atoms with Crippen LogP contribution in [0.2, 0.25) is 0 Å². The highest BCUT2D eigenvalue weighted by Gasteiger charge is 2.41. The van der Waals surface area contributed by atoms with Gasteiger partial charge in [0.15, 0.2) is 0 Å². The number of aryl methyl sites for hydroxylation is 1. The number of carbonyl (C=O) groups excluding carboxylic acids is 1. The lowest BCUT2D eigenvalue weighted by atomic mass is 9.91. The van der Waals surface area contributed by atoms with E-state index in [4.69, 9.17) is 0 Å². The smallest absolute Gasteiger partial charge is 0.243 e. The van der Waals surface area contributed by atoms with Crippen molar-refractivity contribution in [3.63, 3.8) is 0 Å². The molecule has 2 unspecified atom stereocenters. The summed E-state index contributed by atoms with van der Waals surface area (Å²) in [5.74, 6) is -0.462. The van der Waals surface area contributed by atoms with Crippen molar-refractivity contribution in [2.45, 2.75) is 38.6 Å². The van der Waals surface area contributed by atoms with Gasteiger partial charge in [0, 0.05) is 26.1 Å². The first-order valence-corrected chi connectivity index (χ1v) is 9.10. The van der Waals surface area contributed by atoms with Gasteiger partial charge in [-0.1, -0.05) is 19.9 Å². The Balaban J connectivity index is 2.29. The van der Waals surface area contributed by atoms with E-state index in [9.17, 15) is 17.6 Å². The second-order valence-electron chi connectivity index (χ2n) is 6.45. The van der Waals surface area contributed by atoms with Gasteiger partial charge in [0.25, 0.3) is 0 Å². The molecule has 0 saturated carbocycles. The molecular formula is C16H23FN2O3S. The fourth-order valence-corrected chi connectivity index (χ4v) is 4.48. The van der Waals surface area contributed by atoms with Gasteiger partial charge < -0.3 is 5.32 Å². The van der Waals surface area contributed by atoms with E-state index in [1.807, 2.05) is 13.8 Å². The van der Waals surface area contributed by atoms with Crippen LogP contribution in [0.25, 0.3) is 0 Å². The standard InChI is InChI=1S/C16H23FN2O3S/c1-10(2)14-8-19(9-16(14)18-12(4)20)23(21,22)13-6-5-11(3)15(17)7-13/h5-7,10,14,16H,8-9H2,1-4H3,(H,18,20). The van der Waals surface area contributed by atoms with E-state index in [1.54, 1.807) is 6.92 Å². The van der Waals surface area contributed by atoms with E-state index in [0.717, 1.165) is 6.07 Å². The first kappa shape index (κ1) is 17.9. The monoisotopic (exact) mass is 342 g/mol. The van der Waals surface area contributed by atoms with Crippen molar-refractivity contribution in [3.8, 4) is 0 Å². The average Bonchev–Trinajstić information content (AvgIpc) is 2.85. The molecule has 128 valence electrons. The molecule has 1 aromatic rings. The molecule has 1 heterocycles. The number of hydrogen-bond acceptors (Lipinski definition) is 3. The Bertz CT molecular complexity index is 703. The predicted octanol–water partition coefficient (Wildman–Crippen LogP) is 1.92. The Morgan fingerprint density at radius 3 is 2.52 bits per heavy atom. The minimum absolute atomic E-state index is 0.0315.